The molecule has 1 saturated heterocycles. The van der Waals surface area contributed by atoms with Crippen LogP contribution in [0.15, 0.2) is 0 Å². The summed E-state index contributed by atoms with van der Waals surface area (Å²) >= 11 is 1.31. The number of rotatable bonds is 3. The maximum absolute atomic E-state index is 12.3. The Balaban J connectivity index is 1.42. The summed E-state index contributed by atoms with van der Waals surface area (Å²) in [5.74, 6) is 2.04. The van der Waals surface area contributed by atoms with Crippen LogP contribution in [-0.4, -0.2) is 28.0 Å². The highest BCUT2D eigenvalue weighted by molar-refractivity contribution is 7.09. The van der Waals surface area contributed by atoms with Crippen LogP contribution in [0.25, 0.3) is 0 Å². The molecular weight excluding hydrogens is 262 g/mol. The maximum Gasteiger partial charge on any atom is 0.229 e. The van der Waals surface area contributed by atoms with Crippen molar-refractivity contribution in [2.75, 3.05) is 11.9 Å². The van der Waals surface area contributed by atoms with Crippen LogP contribution < -0.4 is 5.32 Å². The fraction of sp³-hybridized carbons (Fsp3) is 0.769. The third kappa shape index (κ3) is 2.27. The molecule has 1 amide bonds. The summed E-state index contributed by atoms with van der Waals surface area (Å²) in [6.45, 7) is 0.742. The molecular formula is C13H17N3O2S. The summed E-state index contributed by atoms with van der Waals surface area (Å²) < 4.78 is 9.96. The molecule has 19 heavy (non-hydrogen) atoms. The number of nitrogens with one attached hydrogen (secondary N) is 1. The molecule has 2 bridgehead atoms. The zero-order chi connectivity index (χ0) is 12.8. The molecule has 3 fully saturated rings. The van der Waals surface area contributed by atoms with Gasteiger partial charge in [-0.25, -0.2) is 4.98 Å². The lowest BCUT2D eigenvalue weighted by atomic mass is 9.80. The van der Waals surface area contributed by atoms with E-state index in [1.807, 2.05) is 0 Å². The Morgan fingerprint density at radius 2 is 2.21 bits per heavy atom. The van der Waals surface area contributed by atoms with Gasteiger partial charge in [-0.3, -0.25) is 4.79 Å². The van der Waals surface area contributed by atoms with Crippen molar-refractivity contribution in [3.8, 4) is 0 Å². The van der Waals surface area contributed by atoms with Crippen molar-refractivity contribution in [1.29, 1.82) is 0 Å². The van der Waals surface area contributed by atoms with Crippen LogP contribution in [0.5, 0.6) is 0 Å². The molecule has 0 spiro atoms. The molecule has 0 radical (unpaired) electrons. The third-order valence-electron chi connectivity index (χ3n) is 4.43. The zero-order valence-electron chi connectivity index (χ0n) is 10.7. The fourth-order valence-corrected chi connectivity index (χ4v) is 3.80. The van der Waals surface area contributed by atoms with Crippen LogP contribution in [0.3, 0.4) is 0 Å². The molecule has 5 nitrogen and oxygen atoms in total. The Bertz CT molecular complexity index is 500. The van der Waals surface area contributed by atoms with Gasteiger partial charge in [0, 0.05) is 23.4 Å². The number of carbonyl (C=O) groups excluding carboxylic acids is 1. The van der Waals surface area contributed by atoms with Gasteiger partial charge in [0.15, 0.2) is 0 Å². The lowest BCUT2D eigenvalue weighted by molar-refractivity contribution is -0.122. The first-order valence-electron chi connectivity index (χ1n) is 7.05. The van der Waals surface area contributed by atoms with E-state index in [2.05, 4.69) is 14.7 Å². The van der Waals surface area contributed by atoms with E-state index >= 15 is 0 Å². The van der Waals surface area contributed by atoms with Crippen LogP contribution in [0, 0.1) is 11.8 Å². The van der Waals surface area contributed by atoms with E-state index in [1.165, 1.54) is 24.4 Å². The van der Waals surface area contributed by atoms with Crippen LogP contribution in [0.4, 0.5) is 5.13 Å². The molecule has 1 aromatic rings. The van der Waals surface area contributed by atoms with E-state index in [-0.39, 0.29) is 11.8 Å². The fourth-order valence-electron chi connectivity index (χ4n) is 3.15. The standard InChI is InChI=1S/C13H17N3O2S/c17-12(10-4-3-9-5-8(10)6-18-9)15-13-14-11(16-19-13)7-1-2-7/h7-10H,1-6H2,(H,14,15,16,17)/t8-,9+,10-/m1/s1. The third-order valence-corrected chi connectivity index (χ3v) is 5.08. The minimum Gasteiger partial charge on any atom is -0.378 e. The van der Waals surface area contributed by atoms with E-state index in [1.54, 1.807) is 0 Å². The van der Waals surface area contributed by atoms with Gasteiger partial charge in [-0.2, -0.15) is 4.37 Å². The Morgan fingerprint density at radius 3 is 3.05 bits per heavy atom. The minimum atomic E-state index is 0.0898. The molecule has 1 aliphatic heterocycles. The van der Waals surface area contributed by atoms with Crippen molar-refractivity contribution in [1.82, 2.24) is 9.36 Å². The molecule has 3 aliphatic rings. The van der Waals surface area contributed by atoms with E-state index in [0.717, 1.165) is 31.7 Å². The molecule has 102 valence electrons. The number of aromatic nitrogens is 2. The highest BCUT2D eigenvalue weighted by Crippen LogP contribution is 2.40. The normalized spacial score (nSPS) is 33.4. The van der Waals surface area contributed by atoms with E-state index in [0.29, 0.717) is 23.1 Å². The van der Waals surface area contributed by atoms with Gasteiger partial charge in [0.25, 0.3) is 0 Å². The SMILES string of the molecule is O=C(Nc1nc(C2CC2)ns1)[C@@H]1CC[C@H]2C[C@@H]1CO2. The number of hydrogen-bond donors (Lipinski definition) is 1. The number of nitrogens with zero attached hydrogens (tertiary/aromatic N) is 2. The number of ether oxygens (including phenoxy) is 1. The lowest BCUT2D eigenvalue weighted by Gasteiger charge is -2.25. The van der Waals surface area contributed by atoms with Gasteiger partial charge in [-0.15, -0.1) is 0 Å². The molecule has 0 unspecified atom stereocenters. The second-order valence-electron chi connectivity index (χ2n) is 5.86. The minimum absolute atomic E-state index is 0.0898. The Morgan fingerprint density at radius 1 is 1.32 bits per heavy atom. The largest absolute Gasteiger partial charge is 0.378 e. The topological polar surface area (TPSA) is 64.1 Å². The first kappa shape index (κ1) is 11.8. The number of hydrogen-bond acceptors (Lipinski definition) is 5. The van der Waals surface area contributed by atoms with Crippen molar-refractivity contribution < 1.29 is 9.53 Å². The summed E-state index contributed by atoms with van der Waals surface area (Å²) in [5, 5.41) is 3.61. The molecule has 6 heteroatoms. The average molecular weight is 279 g/mol. The quantitative estimate of drug-likeness (QED) is 0.921. The molecule has 1 aromatic heterocycles. The number of carbonyl (C=O) groups is 1. The van der Waals surface area contributed by atoms with E-state index in [4.69, 9.17) is 4.74 Å². The molecule has 0 aromatic carbocycles. The van der Waals surface area contributed by atoms with Crippen molar-refractivity contribution in [3.05, 3.63) is 5.82 Å². The van der Waals surface area contributed by atoms with Gasteiger partial charge in [0.2, 0.25) is 11.0 Å². The van der Waals surface area contributed by atoms with Gasteiger partial charge in [-0.05, 0) is 38.0 Å². The Labute approximate surface area is 115 Å². The van der Waals surface area contributed by atoms with Crippen LogP contribution >= 0.6 is 11.5 Å². The summed E-state index contributed by atoms with van der Waals surface area (Å²) in [6.07, 6.45) is 5.77. The monoisotopic (exact) mass is 279 g/mol. The number of fused-ring (bicyclic) bond motifs is 2. The van der Waals surface area contributed by atoms with Gasteiger partial charge < -0.3 is 10.1 Å². The second-order valence-corrected chi connectivity index (χ2v) is 6.61. The number of amides is 1. The van der Waals surface area contributed by atoms with Gasteiger partial charge >= 0.3 is 0 Å². The Hall–Kier alpha value is -1.01. The molecule has 2 saturated carbocycles. The van der Waals surface area contributed by atoms with Crippen LogP contribution in [0.2, 0.25) is 0 Å². The summed E-state index contributed by atoms with van der Waals surface area (Å²) in [4.78, 5) is 16.7. The summed E-state index contributed by atoms with van der Waals surface area (Å²) in [6, 6.07) is 0. The lowest BCUT2D eigenvalue weighted by Crippen LogP contribution is -2.32. The average Bonchev–Trinajstić information content (AvgIpc) is 3.07. The van der Waals surface area contributed by atoms with Crippen molar-refractivity contribution in [2.24, 2.45) is 11.8 Å². The first-order chi connectivity index (χ1) is 9.29. The number of anilines is 1. The van der Waals surface area contributed by atoms with E-state index in [9.17, 15) is 4.79 Å². The zero-order valence-corrected chi connectivity index (χ0v) is 11.5. The van der Waals surface area contributed by atoms with Crippen LogP contribution in [-0.2, 0) is 9.53 Å². The summed E-state index contributed by atoms with van der Waals surface area (Å²) in [5.41, 5.74) is 0. The van der Waals surface area contributed by atoms with Gasteiger partial charge in [0.05, 0.1) is 12.7 Å². The van der Waals surface area contributed by atoms with Crippen molar-refractivity contribution in [3.63, 3.8) is 0 Å². The molecule has 3 atom stereocenters. The van der Waals surface area contributed by atoms with Gasteiger partial charge in [0.1, 0.15) is 5.82 Å². The predicted octanol–water partition coefficient (Wildman–Crippen LogP) is 2.17. The molecule has 2 heterocycles. The highest BCUT2D eigenvalue weighted by atomic mass is 32.1. The molecule has 2 aliphatic carbocycles. The maximum atomic E-state index is 12.3. The molecule has 1 N–H and O–H groups in total. The van der Waals surface area contributed by atoms with Crippen LogP contribution in [0.1, 0.15) is 43.8 Å². The Kier molecular flexibility index (Phi) is 2.81. The van der Waals surface area contributed by atoms with Crippen molar-refractivity contribution in [2.45, 2.75) is 44.1 Å². The van der Waals surface area contributed by atoms with Crippen molar-refractivity contribution >= 4 is 22.6 Å². The van der Waals surface area contributed by atoms with E-state index < -0.39 is 0 Å². The smallest absolute Gasteiger partial charge is 0.229 e. The summed E-state index contributed by atoms with van der Waals surface area (Å²) in [7, 11) is 0. The first-order valence-corrected chi connectivity index (χ1v) is 7.83. The second kappa shape index (κ2) is 4.52. The molecule has 4 rings (SSSR count). The highest BCUT2D eigenvalue weighted by Gasteiger charge is 2.40. The predicted molar refractivity (Wildman–Crippen MR) is 71.1 cm³/mol. The van der Waals surface area contributed by atoms with Gasteiger partial charge in [-0.1, -0.05) is 0 Å².